The average molecular weight is 273 g/mol. The van der Waals surface area contributed by atoms with Crippen LogP contribution in [0, 0.1) is 0 Å². The topological polar surface area (TPSA) is 33.2 Å². The SMILES string of the molecule is O=C(c1cc2ccccc2c(Cl)n1)N1CC=CCC1. The highest BCUT2D eigenvalue weighted by atomic mass is 35.5. The van der Waals surface area contributed by atoms with Gasteiger partial charge in [-0.25, -0.2) is 4.98 Å². The van der Waals surface area contributed by atoms with E-state index in [1.165, 1.54) is 0 Å². The smallest absolute Gasteiger partial charge is 0.272 e. The highest BCUT2D eigenvalue weighted by molar-refractivity contribution is 6.34. The van der Waals surface area contributed by atoms with Gasteiger partial charge < -0.3 is 4.90 Å². The largest absolute Gasteiger partial charge is 0.333 e. The standard InChI is InChI=1S/C15H13ClN2O/c16-14-12-7-3-2-6-11(12)10-13(17-14)15(19)18-8-4-1-5-9-18/h1-4,6-7,10H,5,8-9H2. The fraction of sp³-hybridized carbons (Fsp3) is 0.200. The van der Waals surface area contributed by atoms with Gasteiger partial charge in [0.25, 0.3) is 5.91 Å². The van der Waals surface area contributed by atoms with Crippen molar-refractivity contribution in [1.29, 1.82) is 0 Å². The molecule has 0 unspecified atom stereocenters. The zero-order valence-corrected chi connectivity index (χ0v) is 11.1. The van der Waals surface area contributed by atoms with Crippen LogP contribution in [-0.2, 0) is 0 Å². The Balaban J connectivity index is 2.00. The van der Waals surface area contributed by atoms with Gasteiger partial charge in [0, 0.05) is 18.5 Å². The Bertz CT molecular complexity index is 666. The van der Waals surface area contributed by atoms with Crippen LogP contribution in [-0.4, -0.2) is 28.9 Å². The normalized spacial score (nSPS) is 14.9. The van der Waals surface area contributed by atoms with Crippen molar-refractivity contribution in [2.24, 2.45) is 0 Å². The number of halogens is 1. The number of carbonyl (C=O) groups is 1. The van der Waals surface area contributed by atoms with Crippen LogP contribution in [0.4, 0.5) is 0 Å². The molecule has 3 rings (SSSR count). The van der Waals surface area contributed by atoms with Crippen LogP contribution < -0.4 is 0 Å². The van der Waals surface area contributed by atoms with Gasteiger partial charge in [-0.2, -0.15) is 0 Å². The third kappa shape index (κ3) is 2.34. The molecule has 0 saturated carbocycles. The summed E-state index contributed by atoms with van der Waals surface area (Å²) in [6, 6.07) is 9.49. The van der Waals surface area contributed by atoms with Gasteiger partial charge in [0.1, 0.15) is 10.8 Å². The van der Waals surface area contributed by atoms with Crippen LogP contribution in [0.5, 0.6) is 0 Å². The molecule has 0 fully saturated rings. The first-order valence-corrected chi connectivity index (χ1v) is 6.63. The van der Waals surface area contributed by atoms with E-state index in [2.05, 4.69) is 11.1 Å². The van der Waals surface area contributed by atoms with E-state index >= 15 is 0 Å². The lowest BCUT2D eigenvalue weighted by atomic mass is 10.1. The van der Waals surface area contributed by atoms with Crippen molar-refractivity contribution in [1.82, 2.24) is 9.88 Å². The molecule has 0 radical (unpaired) electrons. The number of aromatic nitrogens is 1. The lowest BCUT2D eigenvalue weighted by Crippen LogP contribution is -2.34. The van der Waals surface area contributed by atoms with Gasteiger partial charge in [-0.15, -0.1) is 0 Å². The van der Waals surface area contributed by atoms with Crippen LogP contribution in [0.1, 0.15) is 16.9 Å². The summed E-state index contributed by atoms with van der Waals surface area (Å²) < 4.78 is 0. The van der Waals surface area contributed by atoms with Crippen molar-refractivity contribution < 1.29 is 4.79 Å². The molecule has 4 heteroatoms. The second kappa shape index (κ2) is 5.02. The molecule has 0 spiro atoms. The molecule has 2 aromatic rings. The predicted octanol–water partition coefficient (Wildman–Crippen LogP) is 3.29. The van der Waals surface area contributed by atoms with Crippen molar-refractivity contribution in [3.05, 3.63) is 53.3 Å². The van der Waals surface area contributed by atoms with E-state index in [1.807, 2.05) is 36.4 Å². The Kier molecular flexibility index (Phi) is 3.22. The number of hydrogen-bond acceptors (Lipinski definition) is 2. The first kappa shape index (κ1) is 12.2. The molecule has 3 nitrogen and oxygen atoms in total. The minimum absolute atomic E-state index is 0.0583. The van der Waals surface area contributed by atoms with Crippen LogP contribution in [0.3, 0.4) is 0 Å². The van der Waals surface area contributed by atoms with Gasteiger partial charge in [-0.3, -0.25) is 4.79 Å². The highest BCUT2D eigenvalue weighted by Gasteiger charge is 2.18. The molecule has 19 heavy (non-hydrogen) atoms. The van der Waals surface area contributed by atoms with Gasteiger partial charge in [-0.05, 0) is 17.9 Å². The summed E-state index contributed by atoms with van der Waals surface area (Å²) in [6.45, 7) is 1.38. The Morgan fingerprint density at radius 2 is 2.11 bits per heavy atom. The number of fused-ring (bicyclic) bond motifs is 1. The first-order chi connectivity index (χ1) is 9.25. The number of benzene rings is 1. The summed E-state index contributed by atoms with van der Waals surface area (Å²) in [7, 11) is 0. The monoisotopic (exact) mass is 272 g/mol. The third-order valence-electron chi connectivity index (χ3n) is 3.26. The van der Waals surface area contributed by atoms with E-state index in [0.717, 1.165) is 23.7 Å². The highest BCUT2D eigenvalue weighted by Crippen LogP contribution is 2.23. The molecule has 1 aromatic carbocycles. The minimum Gasteiger partial charge on any atom is -0.333 e. The van der Waals surface area contributed by atoms with E-state index in [4.69, 9.17) is 11.6 Å². The molecule has 0 N–H and O–H groups in total. The van der Waals surface area contributed by atoms with E-state index in [9.17, 15) is 4.79 Å². The quantitative estimate of drug-likeness (QED) is 0.590. The van der Waals surface area contributed by atoms with Crippen LogP contribution >= 0.6 is 11.6 Å². The Morgan fingerprint density at radius 1 is 1.26 bits per heavy atom. The number of pyridine rings is 1. The molecule has 2 heterocycles. The van der Waals surface area contributed by atoms with Crippen molar-refractivity contribution in [2.75, 3.05) is 13.1 Å². The minimum atomic E-state index is -0.0583. The van der Waals surface area contributed by atoms with E-state index in [-0.39, 0.29) is 5.91 Å². The van der Waals surface area contributed by atoms with Crippen molar-refractivity contribution >= 4 is 28.3 Å². The molecule has 0 bridgehead atoms. The summed E-state index contributed by atoms with van der Waals surface area (Å²) in [5.74, 6) is -0.0583. The summed E-state index contributed by atoms with van der Waals surface area (Å²) in [4.78, 5) is 18.4. The number of carbonyl (C=O) groups excluding carboxylic acids is 1. The van der Waals surface area contributed by atoms with Gasteiger partial charge in [-0.1, -0.05) is 48.0 Å². The zero-order chi connectivity index (χ0) is 13.2. The molecule has 0 atom stereocenters. The summed E-state index contributed by atoms with van der Waals surface area (Å²) in [5.41, 5.74) is 0.416. The van der Waals surface area contributed by atoms with Crippen molar-refractivity contribution in [2.45, 2.75) is 6.42 Å². The second-order valence-electron chi connectivity index (χ2n) is 4.53. The van der Waals surface area contributed by atoms with E-state index < -0.39 is 0 Å². The number of hydrogen-bond donors (Lipinski definition) is 0. The molecule has 1 aliphatic rings. The third-order valence-corrected chi connectivity index (χ3v) is 3.55. The van der Waals surface area contributed by atoms with Gasteiger partial charge in [0.05, 0.1) is 0 Å². The van der Waals surface area contributed by atoms with Gasteiger partial charge >= 0.3 is 0 Å². The molecule has 1 aromatic heterocycles. The zero-order valence-electron chi connectivity index (χ0n) is 10.3. The molecular formula is C15H13ClN2O. The summed E-state index contributed by atoms with van der Waals surface area (Å²) in [6.07, 6.45) is 4.99. The fourth-order valence-corrected chi connectivity index (χ4v) is 2.52. The lowest BCUT2D eigenvalue weighted by Gasteiger charge is -2.23. The van der Waals surface area contributed by atoms with E-state index in [1.54, 1.807) is 4.90 Å². The van der Waals surface area contributed by atoms with Crippen LogP contribution in [0.25, 0.3) is 10.8 Å². The van der Waals surface area contributed by atoms with E-state index in [0.29, 0.717) is 17.4 Å². The van der Waals surface area contributed by atoms with Crippen LogP contribution in [0.15, 0.2) is 42.5 Å². The predicted molar refractivity (Wildman–Crippen MR) is 76.4 cm³/mol. The Hall–Kier alpha value is -1.87. The maximum Gasteiger partial charge on any atom is 0.272 e. The maximum absolute atomic E-state index is 12.4. The van der Waals surface area contributed by atoms with Crippen molar-refractivity contribution in [3.8, 4) is 0 Å². The molecule has 0 aliphatic carbocycles. The van der Waals surface area contributed by atoms with Gasteiger partial charge in [0.2, 0.25) is 0 Å². The molecule has 96 valence electrons. The number of nitrogens with zero attached hydrogens (tertiary/aromatic N) is 2. The first-order valence-electron chi connectivity index (χ1n) is 6.25. The molecule has 0 saturated heterocycles. The molecule has 1 amide bonds. The maximum atomic E-state index is 12.4. The Morgan fingerprint density at radius 3 is 2.89 bits per heavy atom. The summed E-state index contributed by atoms with van der Waals surface area (Å²) >= 11 is 6.15. The lowest BCUT2D eigenvalue weighted by molar-refractivity contribution is 0.0765. The Labute approximate surface area is 116 Å². The van der Waals surface area contributed by atoms with Crippen molar-refractivity contribution in [3.63, 3.8) is 0 Å². The molecular weight excluding hydrogens is 260 g/mol. The van der Waals surface area contributed by atoms with Crippen LogP contribution in [0.2, 0.25) is 5.15 Å². The average Bonchev–Trinajstić information content (AvgIpc) is 2.47. The summed E-state index contributed by atoms with van der Waals surface area (Å²) in [5, 5.41) is 2.20. The fourth-order valence-electron chi connectivity index (χ4n) is 2.25. The number of rotatable bonds is 1. The van der Waals surface area contributed by atoms with Gasteiger partial charge in [0.15, 0.2) is 0 Å². The second-order valence-corrected chi connectivity index (χ2v) is 4.89. The number of amides is 1. The molecule has 1 aliphatic heterocycles.